The van der Waals surface area contributed by atoms with Crippen molar-refractivity contribution < 1.29 is 13.2 Å². The maximum Gasteiger partial charge on any atom is 0.416 e. The first-order valence-corrected chi connectivity index (χ1v) is 5.70. The lowest BCUT2D eigenvalue weighted by molar-refractivity contribution is -0.137. The van der Waals surface area contributed by atoms with Gasteiger partial charge in [-0.2, -0.15) is 18.3 Å². The van der Waals surface area contributed by atoms with Crippen LogP contribution in [-0.4, -0.2) is 19.3 Å². The van der Waals surface area contributed by atoms with Crippen LogP contribution >= 0.6 is 0 Å². The largest absolute Gasteiger partial charge is 0.416 e. The standard InChI is InChI=1S/C12H10F3N5/c1-19-6-8(5-17-19)20-10-3-2-7(12(13,14)15)4-9(10)18-11(20)16/h2-6H,1H3,(H2,16,18). The number of aryl methyl sites for hydroxylation is 1. The van der Waals surface area contributed by atoms with E-state index in [0.29, 0.717) is 11.2 Å². The van der Waals surface area contributed by atoms with Crippen molar-refractivity contribution in [1.82, 2.24) is 19.3 Å². The number of hydrogen-bond donors (Lipinski definition) is 1. The van der Waals surface area contributed by atoms with Gasteiger partial charge in [0.1, 0.15) is 0 Å². The molecule has 0 saturated carbocycles. The smallest absolute Gasteiger partial charge is 0.369 e. The zero-order chi connectivity index (χ0) is 14.5. The van der Waals surface area contributed by atoms with Crippen LogP contribution in [0.15, 0.2) is 30.6 Å². The number of alkyl halides is 3. The van der Waals surface area contributed by atoms with Gasteiger partial charge in [0.2, 0.25) is 5.95 Å². The van der Waals surface area contributed by atoms with Gasteiger partial charge in [0.25, 0.3) is 0 Å². The summed E-state index contributed by atoms with van der Waals surface area (Å²) >= 11 is 0. The summed E-state index contributed by atoms with van der Waals surface area (Å²) in [6.45, 7) is 0. The van der Waals surface area contributed by atoms with Gasteiger partial charge in [-0.1, -0.05) is 0 Å². The number of aromatic nitrogens is 4. The number of hydrogen-bond acceptors (Lipinski definition) is 3. The maximum absolute atomic E-state index is 12.7. The van der Waals surface area contributed by atoms with Crippen molar-refractivity contribution in [2.75, 3.05) is 5.73 Å². The lowest BCUT2D eigenvalue weighted by atomic mass is 10.2. The Kier molecular flexibility index (Phi) is 2.50. The third-order valence-corrected chi connectivity index (χ3v) is 2.96. The Hall–Kier alpha value is -2.51. The Morgan fingerprint density at radius 2 is 2.00 bits per heavy atom. The fraction of sp³-hybridized carbons (Fsp3) is 0.167. The molecule has 0 aliphatic heterocycles. The molecule has 0 bridgehead atoms. The SMILES string of the molecule is Cn1cc(-n2c(N)nc3cc(C(F)(F)F)ccc32)cn1. The van der Waals surface area contributed by atoms with Crippen LogP contribution in [0.2, 0.25) is 0 Å². The Labute approximate surface area is 111 Å². The first-order chi connectivity index (χ1) is 9.36. The van der Waals surface area contributed by atoms with Crippen LogP contribution in [0.3, 0.4) is 0 Å². The van der Waals surface area contributed by atoms with Crippen LogP contribution in [0.1, 0.15) is 5.56 Å². The number of nitrogens with two attached hydrogens (primary N) is 1. The number of benzene rings is 1. The minimum Gasteiger partial charge on any atom is -0.369 e. The average Bonchev–Trinajstić information content (AvgIpc) is 2.89. The van der Waals surface area contributed by atoms with E-state index in [-0.39, 0.29) is 11.5 Å². The summed E-state index contributed by atoms with van der Waals surface area (Å²) in [6.07, 6.45) is -1.13. The van der Waals surface area contributed by atoms with Crippen LogP contribution in [0, 0.1) is 0 Å². The second kappa shape index (κ2) is 3.99. The molecule has 0 aliphatic rings. The highest BCUT2D eigenvalue weighted by Gasteiger charge is 2.31. The molecule has 0 saturated heterocycles. The number of imidazole rings is 1. The number of anilines is 1. The van der Waals surface area contributed by atoms with Crippen molar-refractivity contribution in [2.24, 2.45) is 7.05 Å². The van der Waals surface area contributed by atoms with E-state index in [2.05, 4.69) is 10.1 Å². The van der Waals surface area contributed by atoms with E-state index in [1.807, 2.05) is 0 Å². The maximum atomic E-state index is 12.7. The van der Waals surface area contributed by atoms with E-state index >= 15 is 0 Å². The molecular weight excluding hydrogens is 271 g/mol. The number of fused-ring (bicyclic) bond motifs is 1. The van der Waals surface area contributed by atoms with Gasteiger partial charge in [-0.05, 0) is 18.2 Å². The van der Waals surface area contributed by atoms with Gasteiger partial charge in [-0.3, -0.25) is 9.25 Å². The van der Waals surface area contributed by atoms with Crippen LogP contribution in [0.4, 0.5) is 19.1 Å². The van der Waals surface area contributed by atoms with E-state index < -0.39 is 11.7 Å². The monoisotopic (exact) mass is 281 g/mol. The summed E-state index contributed by atoms with van der Waals surface area (Å²) in [4.78, 5) is 3.98. The molecule has 1 aromatic carbocycles. The third kappa shape index (κ3) is 1.89. The molecule has 0 radical (unpaired) electrons. The quantitative estimate of drug-likeness (QED) is 0.744. The summed E-state index contributed by atoms with van der Waals surface area (Å²) in [7, 11) is 1.74. The minimum atomic E-state index is -4.40. The molecule has 0 unspecified atom stereocenters. The summed E-state index contributed by atoms with van der Waals surface area (Å²) < 4.78 is 41.1. The van der Waals surface area contributed by atoms with Crippen LogP contribution in [-0.2, 0) is 13.2 Å². The van der Waals surface area contributed by atoms with Crippen molar-refractivity contribution in [3.63, 3.8) is 0 Å². The predicted molar refractivity (Wildman–Crippen MR) is 67.3 cm³/mol. The topological polar surface area (TPSA) is 61.7 Å². The van der Waals surface area contributed by atoms with Gasteiger partial charge < -0.3 is 5.73 Å². The van der Waals surface area contributed by atoms with Gasteiger partial charge in [-0.15, -0.1) is 0 Å². The normalized spacial score (nSPS) is 12.2. The highest BCUT2D eigenvalue weighted by atomic mass is 19.4. The molecule has 20 heavy (non-hydrogen) atoms. The number of halogens is 3. The zero-order valence-electron chi connectivity index (χ0n) is 10.4. The molecule has 5 nitrogen and oxygen atoms in total. The molecule has 0 atom stereocenters. The second-order valence-electron chi connectivity index (χ2n) is 4.38. The summed E-state index contributed by atoms with van der Waals surface area (Å²) in [5.41, 5.74) is 6.38. The van der Waals surface area contributed by atoms with E-state index in [1.54, 1.807) is 28.7 Å². The van der Waals surface area contributed by atoms with Crippen molar-refractivity contribution in [2.45, 2.75) is 6.18 Å². The first kappa shape index (κ1) is 12.5. The molecule has 104 valence electrons. The molecule has 0 aliphatic carbocycles. The zero-order valence-corrected chi connectivity index (χ0v) is 10.4. The van der Waals surface area contributed by atoms with Gasteiger partial charge in [-0.25, -0.2) is 4.98 Å². The molecule has 0 spiro atoms. The van der Waals surface area contributed by atoms with Crippen LogP contribution in [0.5, 0.6) is 0 Å². The highest BCUT2D eigenvalue weighted by molar-refractivity contribution is 5.81. The van der Waals surface area contributed by atoms with Crippen molar-refractivity contribution in [1.29, 1.82) is 0 Å². The lowest BCUT2D eigenvalue weighted by Crippen LogP contribution is -2.04. The summed E-state index contributed by atoms with van der Waals surface area (Å²) in [5, 5.41) is 4.01. The second-order valence-corrected chi connectivity index (χ2v) is 4.38. The Morgan fingerprint density at radius 1 is 1.25 bits per heavy atom. The van der Waals surface area contributed by atoms with Crippen molar-refractivity contribution >= 4 is 17.0 Å². The molecule has 2 N–H and O–H groups in total. The molecule has 0 fully saturated rings. The number of nitrogen functional groups attached to an aromatic ring is 1. The highest BCUT2D eigenvalue weighted by Crippen LogP contribution is 2.32. The van der Waals surface area contributed by atoms with E-state index in [0.717, 1.165) is 12.1 Å². The van der Waals surface area contributed by atoms with E-state index in [1.165, 1.54) is 6.07 Å². The van der Waals surface area contributed by atoms with Gasteiger partial charge >= 0.3 is 6.18 Å². The van der Waals surface area contributed by atoms with Crippen LogP contribution < -0.4 is 5.73 Å². The average molecular weight is 281 g/mol. The Morgan fingerprint density at radius 3 is 2.60 bits per heavy atom. The molecule has 8 heteroatoms. The Bertz CT molecular complexity index is 784. The van der Waals surface area contributed by atoms with Gasteiger partial charge in [0.05, 0.1) is 28.5 Å². The summed E-state index contributed by atoms with van der Waals surface area (Å²) in [5.74, 6) is 0.118. The van der Waals surface area contributed by atoms with Crippen molar-refractivity contribution in [3.05, 3.63) is 36.2 Å². The molecule has 2 heterocycles. The number of nitrogens with zero attached hydrogens (tertiary/aromatic N) is 4. The van der Waals surface area contributed by atoms with Gasteiger partial charge in [0.15, 0.2) is 0 Å². The third-order valence-electron chi connectivity index (χ3n) is 2.96. The summed E-state index contributed by atoms with van der Waals surface area (Å²) in [6, 6.07) is 3.35. The van der Waals surface area contributed by atoms with E-state index in [9.17, 15) is 13.2 Å². The molecular formula is C12H10F3N5. The molecule has 2 aromatic heterocycles. The van der Waals surface area contributed by atoms with Crippen molar-refractivity contribution in [3.8, 4) is 5.69 Å². The Balaban J connectivity index is 2.22. The fourth-order valence-electron chi connectivity index (χ4n) is 2.07. The molecule has 0 amide bonds. The number of rotatable bonds is 1. The first-order valence-electron chi connectivity index (χ1n) is 5.70. The van der Waals surface area contributed by atoms with E-state index in [4.69, 9.17) is 5.73 Å². The predicted octanol–water partition coefficient (Wildman–Crippen LogP) is 2.36. The molecule has 3 aromatic rings. The minimum absolute atomic E-state index is 0.118. The lowest BCUT2D eigenvalue weighted by Gasteiger charge is -2.06. The van der Waals surface area contributed by atoms with Crippen LogP contribution in [0.25, 0.3) is 16.7 Å². The molecule has 3 rings (SSSR count). The fourth-order valence-corrected chi connectivity index (χ4v) is 2.07. The van der Waals surface area contributed by atoms with Gasteiger partial charge in [0, 0.05) is 13.2 Å².